The van der Waals surface area contributed by atoms with Gasteiger partial charge in [0, 0.05) is 41.2 Å². The number of benzene rings is 1. The second-order valence-corrected chi connectivity index (χ2v) is 10.2. The first kappa shape index (κ1) is 26.1. The Bertz CT molecular complexity index is 1600. The lowest BCUT2D eigenvalue weighted by Crippen LogP contribution is -2.19. The summed E-state index contributed by atoms with van der Waals surface area (Å²) in [6, 6.07) is 10.4. The summed E-state index contributed by atoms with van der Waals surface area (Å²) in [5, 5.41) is 10.8. The summed E-state index contributed by atoms with van der Waals surface area (Å²) >= 11 is 0. The number of carbonyl (C=O) groups is 1. The van der Waals surface area contributed by atoms with E-state index in [1.807, 2.05) is 35.7 Å². The Morgan fingerprint density at radius 3 is 2.67 bits per heavy atom. The molecule has 2 aliphatic rings. The number of alkyl halides is 2. The van der Waals surface area contributed by atoms with Crippen molar-refractivity contribution in [1.29, 1.82) is 0 Å². The van der Waals surface area contributed by atoms with Crippen LogP contribution in [0.3, 0.4) is 0 Å². The third-order valence-corrected chi connectivity index (χ3v) is 7.67. The fourth-order valence-electron chi connectivity index (χ4n) is 5.81. The molecule has 1 N–H and O–H groups in total. The van der Waals surface area contributed by atoms with Crippen LogP contribution < -0.4 is 4.74 Å². The van der Waals surface area contributed by atoms with Crippen LogP contribution in [0.2, 0.25) is 0 Å². The Morgan fingerprint density at radius 1 is 1.15 bits per heavy atom. The third-order valence-electron chi connectivity index (χ3n) is 7.67. The van der Waals surface area contributed by atoms with E-state index in [2.05, 4.69) is 15.0 Å². The molecule has 0 radical (unpaired) electrons. The monoisotopic (exact) mass is 546 g/mol. The van der Waals surface area contributed by atoms with Crippen molar-refractivity contribution >= 4 is 17.2 Å². The fourth-order valence-corrected chi connectivity index (χ4v) is 5.81. The zero-order chi connectivity index (χ0) is 28.0. The van der Waals surface area contributed by atoms with Gasteiger partial charge in [0.2, 0.25) is 0 Å². The molecule has 4 atom stereocenters. The highest BCUT2D eigenvalue weighted by Crippen LogP contribution is 2.47. The number of aliphatic hydroxyl groups is 1. The highest BCUT2D eigenvalue weighted by atomic mass is 19.3. The lowest BCUT2D eigenvalue weighted by molar-refractivity contribution is -0.147. The number of nitrogens with zero attached hydrogens (tertiary/aromatic N) is 4. The number of pyridine rings is 1. The van der Waals surface area contributed by atoms with Crippen LogP contribution in [-0.4, -0.2) is 43.6 Å². The lowest BCUT2D eigenvalue weighted by atomic mass is 9.95. The number of hydrogen-bond donors (Lipinski definition) is 1. The van der Waals surface area contributed by atoms with Gasteiger partial charge < -0.3 is 19.0 Å². The minimum absolute atomic E-state index is 0.0818. The molecule has 2 aliphatic carbocycles. The average molecular weight is 547 g/mol. The molecule has 0 unspecified atom stereocenters. The van der Waals surface area contributed by atoms with Crippen molar-refractivity contribution in [2.45, 2.75) is 45.3 Å². The van der Waals surface area contributed by atoms with Crippen molar-refractivity contribution in [3.05, 3.63) is 83.8 Å². The van der Waals surface area contributed by atoms with Crippen LogP contribution >= 0.6 is 0 Å². The van der Waals surface area contributed by atoms with Gasteiger partial charge in [0.15, 0.2) is 5.82 Å². The quantitative estimate of drug-likeness (QED) is 0.303. The minimum Gasteiger partial charge on any atom is -0.466 e. The van der Waals surface area contributed by atoms with Gasteiger partial charge in [-0.05, 0) is 49.5 Å². The maximum Gasteiger partial charge on any atom is 0.387 e. The molecule has 3 aromatic heterocycles. The van der Waals surface area contributed by atoms with Crippen molar-refractivity contribution in [1.82, 2.24) is 19.4 Å². The summed E-state index contributed by atoms with van der Waals surface area (Å²) in [6.45, 7) is 1.20. The van der Waals surface area contributed by atoms with Crippen LogP contribution in [0, 0.1) is 11.8 Å². The summed E-state index contributed by atoms with van der Waals surface area (Å²) in [7, 11) is 0. The largest absolute Gasteiger partial charge is 0.466 e. The maximum atomic E-state index is 13.1. The molecule has 8 nitrogen and oxygen atoms in total. The normalized spacial score (nSPS) is 22.0. The fraction of sp³-hybridized carbons (Fsp3) is 0.333. The molecule has 0 fully saturated rings. The van der Waals surface area contributed by atoms with Crippen molar-refractivity contribution in [3.8, 4) is 16.9 Å². The first-order valence-corrected chi connectivity index (χ1v) is 13.3. The van der Waals surface area contributed by atoms with Gasteiger partial charge in [-0.2, -0.15) is 8.78 Å². The third kappa shape index (κ3) is 4.62. The molecule has 0 saturated carbocycles. The van der Waals surface area contributed by atoms with Gasteiger partial charge in [-0.15, -0.1) is 0 Å². The molecule has 0 saturated heterocycles. The highest BCUT2D eigenvalue weighted by molar-refractivity contribution is 5.80. The number of rotatable bonds is 7. The Labute approximate surface area is 229 Å². The molecule has 4 aromatic rings. The van der Waals surface area contributed by atoms with Crippen molar-refractivity contribution in [2.75, 3.05) is 6.61 Å². The van der Waals surface area contributed by atoms with Gasteiger partial charge in [0.1, 0.15) is 11.4 Å². The van der Waals surface area contributed by atoms with E-state index < -0.39 is 12.7 Å². The summed E-state index contributed by atoms with van der Waals surface area (Å²) < 4.78 is 38.1. The molecule has 0 amide bonds. The Morgan fingerprint density at radius 2 is 1.93 bits per heavy atom. The average Bonchev–Trinajstić information content (AvgIpc) is 3.61. The van der Waals surface area contributed by atoms with E-state index in [1.165, 1.54) is 6.07 Å². The summed E-state index contributed by atoms with van der Waals surface area (Å²) in [6.07, 6.45) is 7.45. The van der Waals surface area contributed by atoms with E-state index in [0.717, 1.165) is 22.4 Å². The molecule has 0 bridgehead atoms. The molecule has 6 rings (SSSR count). The molecule has 0 spiro atoms. The van der Waals surface area contributed by atoms with Gasteiger partial charge in [-0.3, -0.25) is 4.79 Å². The molecular weight excluding hydrogens is 518 g/mol. The Hall–Kier alpha value is -4.18. The topological polar surface area (TPSA) is 98.8 Å². The van der Waals surface area contributed by atoms with E-state index in [1.54, 1.807) is 37.5 Å². The van der Waals surface area contributed by atoms with E-state index in [4.69, 9.17) is 9.47 Å². The van der Waals surface area contributed by atoms with Crippen molar-refractivity contribution in [3.63, 3.8) is 0 Å². The van der Waals surface area contributed by atoms with Crippen molar-refractivity contribution in [2.24, 2.45) is 11.8 Å². The second kappa shape index (κ2) is 10.4. The Balaban J connectivity index is 1.33. The van der Waals surface area contributed by atoms with Crippen molar-refractivity contribution < 1.29 is 28.2 Å². The smallest absolute Gasteiger partial charge is 0.387 e. The van der Waals surface area contributed by atoms with Gasteiger partial charge in [0.25, 0.3) is 0 Å². The molecule has 10 heteroatoms. The number of esters is 1. The number of allylic oxidation sites excluding steroid dienone is 1. The molecule has 0 aliphatic heterocycles. The van der Waals surface area contributed by atoms with Gasteiger partial charge in [-0.25, -0.2) is 15.0 Å². The minimum atomic E-state index is -2.96. The van der Waals surface area contributed by atoms with Gasteiger partial charge in [0.05, 0.1) is 30.0 Å². The first-order valence-electron chi connectivity index (χ1n) is 13.3. The highest BCUT2D eigenvalue weighted by Gasteiger charge is 2.37. The number of fused-ring (bicyclic) bond motifs is 3. The number of aromatic nitrogens is 4. The number of ether oxygens (including phenoxy) is 2. The van der Waals surface area contributed by atoms with Crippen LogP contribution in [0.4, 0.5) is 8.78 Å². The van der Waals surface area contributed by atoms with E-state index in [0.29, 0.717) is 42.2 Å². The molecular formula is C30H28F2N4O4. The number of hydrogen-bond acceptors (Lipinski definition) is 7. The number of para-hydroxylation sites is 1. The number of imidazole rings is 1. The SMILES string of the molecule is CCOC(=O)[C@H]1C=C(c2ncc(-c3ccc4nc5c(n4c3)[C@@H](c3ccccc3OC(F)F)C[C@H]5O)cn2)C[C@H]1C. The van der Waals surface area contributed by atoms with Gasteiger partial charge >= 0.3 is 12.6 Å². The summed E-state index contributed by atoms with van der Waals surface area (Å²) in [4.78, 5) is 26.1. The van der Waals surface area contributed by atoms with Crippen LogP contribution in [-0.2, 0) is 9.53 Å². The summed E-state index contributed by atoms with van der Waals surface area (Å²) in [5.41, 5.74) is 4.99. The zero-order valence-corrected chi connectivity index (χ0v) is 22.0. The molecule has 40 heavy (non-hydrogen) atoms. The summed E-state index contributed by atoms with van der Waals surface area (Å²) in [5.74, 6) is -0.141. The molecule has 206 valence electrons. The second-order valence-electron chi connectivity index (χ2n) is 10.2. The van der Waals surface area contributed by atoms with E-state index in [-0.39, 0.29) is 29.5 Å². The van der Waals surface area contributed by atoms with Crippen LogP contribution in [0.25, 0.3) is 22.3 Å². The predicted molar refractivity (Wildman–Crippen MR) is 143 cm³/mol. The number of carbonyl (C=O) groups excluding carboxylic acids is 1. The standard InChI is InChI=1S/C30H28F2N4O4/c1-3-39-29(38)21-11-18(10-16(21)2)28-33-13-19(14-34-28)17-8-9-25-35-26-23(37)12-22(27(26)36(25)15-17)20-6-4-5-7-24(20)40-30(31)32/h4-9,11,13-16,21-23,30,37H,3,10,12H2,1-2H3/t16-,21+,22-,23-/m1/s1. The molecule has 1 aromatic carbocycles. The molecule has 3 heterocycles. The van der Waals surface area contributed by atoms with Crippen LogP contribution in [0.5, 0.6) is 5.75 Å². The predicted octanol–water partition coefficient (Wildman–Crippen LogP) is 5.56. The maximum absolute atomic E-state index is 13.1. The lowest BCUT2D eigenvalue weighted by Gasteiger charge is -2.17. The van der Waals surface area contributed by atoms with Gasteiger partial charge in [-0.1, -0.05) is 31.2 Å². The van der Waals surface area contributed by atoms with Crippen LogP contribution in [0.1, 0.15) is 61.5 Å². The van der Waals surface area contributed by atoms with E-state index in [9.17, 15) is 18.7 Å². The number of aliphatic hydroxyl groups excluding tert-OH is 1. The van der Waals surface area contributed by atoms with E-state index >= 15 is 0 Å². The first-order chi connectivity index (χ1) is 19.3. The van der Waals surface area contributed by atoms with Crippen LogP contribution in [0.15, 0.2) is 61.1 Å². The number of halogens is 2. The zero-order valence-electron chi connectivity index (χ0n) is 22.0. The Kier molecular flexibility index (Phi) is 6.79.